The molecular formula is C19H19N3O2. The van der Waals surface area contributed by atoms with Crippen molar-refractivity contribution in [2.45, 2.75) is 18.9 Å². The number of rotatable bonds is 6. The molecular weight excluding hydrogens is 302 g/mol. The quantitative estimate of drug-likeness (QED) is 0.800. The van der Waals surface area contributed by atoms with Gasteiger partial charge in [-0.15, -0.1) is 0 Å². The molecule has 24 heavy (non-hydrogen) atoms. The molecule has 1 fully saturated rings. The molecule has 1 aromatic carbocycles. The monoisotopic (exact) mass is 321 g/mol. The van der Waals surface area contributed by atoms with Gasteiger partial charge in [0.2, 0.25) is 0 Å². The maximum Gasteiger partial charge on any atom is 0.251 e. The SMILES string of the molecule is C=C/C=C\C(=C/N)c1cc(-c2cccc(C(=O)NC3CC3)c2)no1. The van der Waals surface area contributed by atoms with E-state index in [2.05, 4.69) is 17.1 Å². The molecule has 0 bridgehead atoms. The van der Waals surface area contributed by atoms with Gasteiger partial charge in [-0.2, -0.15) is 0 Å². The number of nitrogens with two attached hydrogens (primary N) is 1. The first kappa shape index (κ1) is 15.8. The maximum absolute atomic E-state index is 12.2. The Morgan fingerprint density at radius 2 is 2.21 bits per heavy atom. The largest absolute Gasteiger partial charge is 0.404 e. The van der Waals surface area contributed by atoms with Crippen molar-refractivity contribution in [2.24, 2.45) is 5.73 Å². The summed E-state index contributed by atoms with van der Waals surface area (Å²) in [5, 5.41) is 7.05. The number of allylic oxidation sites excluding steroid dienone is 4. The second kappa shape index (κ2) is 7.00. The molecule has 3 N–H and O–H groups in total. The van der Waals surface area contributed by atoms with Gasteiger partial charge in [-0.05, 0) is 31.1 Å². The summed E-state index contributed by atoms with van der Waals surface area (Å²) in [4.78, 5) is 12.2. The van der Waals surface area contributed by atoms with Crippen LogP contribution in [0.15, 0.2) is 65.9 Å². The highest BCUT2D eigenvalue weighted by Crippen LogP contribution is 2.25. The average molecular weight is 321 g/mol. The van der Waals surface area contributed by atoms with Gasteiger partial charge in [-0.3, -0.25) is 4.79 Å². The lowest BCUT2D eigenvalue weighted by Gasteiger charge is -2.04. The van der Waals surface area contributed by atoms with E-state index in [1.807, 2.05) is 18.2 Å². The van der Waals surface area contributed by atoms with Crippen molar-refractivity contribution in [3.63, 3.8) is 0 Å². The standard InChI is InChI=1S/C19H19N3O2/c1-2-3-5-15(12-20)18-11-17(22-24-18)13-6-4-7-14(10-13)19(23)21-16-8-9-16/h2-7,10-12,16H,1,8-9,20H2,(H,21,23)/b5-3-,15-12+. The molecule has 2 aromatic rings. The Hall–Kier alpha value is -3.08. The van der Waals surface area contributed by atoms with Gasteiger partial charge in [0.05, 0.1) is 0 Å². The minimum absolute atomic E-state index is 0.0560. The van der Waals surface area contributed by atoms with Crippen LogP contribution < -0.4 is 11.1 Å². The van der Waals surface area contributed by atoms with Crippen LogP contribution >= 0.6 is 0 Å². The number of hydrogen-bond acceptors (Lipinski definition) is 4. The topological polar surface area (TPSA) is 81.2 Å². The minimum atomic E-state index is -0.0560. The third-order valence-electron chi connectivity index (χ3n) is 3.72. The Balaban J connectivity index is 1.83. The van der Waals surface area contributed by atoms with Crippen molar-refractivity contribution in [1.82, 2.24) is 10.5 Å². The van der Waals surface area contributed by atoms with E-state index in [0.29, 0.717) is 28.6 Å². The summed E-state index contributed by atoms with van der Waals surface area (Å²) in [5.41, 5.74) is 8.41. The summed E-state index contributed by atoms with van der Waals surface area (Å²) < 4.78 is 5.36. The second-order valence-electron chi connectivity index (χ2n) is 5.62. The summed E-state index contributed by atoms with van der Waals surface area (Å²) in [6, 6.07) is 9.45. The van der Waals surface area contributed by atoms with Crippen LogP contribution in [0.5, 0.6) is 0 Å². The third-order valence-corrected chi connectivity index (χ3v) is 3.72. The first-order chi connectivity index (χ1) is 11.7. The molecule has 1 saturated carbocycles. The Kier molecular flexibility index (Phi) is 4.61. The Labute approximate surface area is 140 Å². The number of amides is 1. The van der Waals surface area contributed by atoms with Crippen molar-refractivity contribution < 1.29 is 9.32 Å². The molecule has 5 heteroatoms. The van der Waals surface area contributed by atoms with Crippen LogP contribution in [0.4, 0.5) is 0 Å². The van der Waals surface area contributed by atoms with Gasteiger partial charge >= 0.3 is 0 Å². The van der Waals surface area contributed by atoms with Crippen LogP contribution in [-0.2, 0) is 0 Å². The zero-order valence-corrected chi connectivity index (χ0v) is 13.2. The normalized spacial score (nSPS) is 14.8. The molecule has 0 spiro atoms. The van der Waals surface area contributed by atoms with Crippen LogP contribution in [0.3, 0.4) is 0 Å². The number of nitrogens with zero attached hydrogens (tertiary/aromatic N) is 1. The average Bonchev–Trinajstić information content (AvgIpc) is 3.29. The van der Waals surface area contributed by atoms with Crippen molar-refractivity contribution in [3.05, 3.63) is 72.7 Å². The number of hydrogen-bond donors (Lipinski definition) is 2. The predicted molar refractivity (Wildman–Crippen MR) is 93.9 cm³/mol. The van der Waals surface area contributed by atoms with Crippen LogP contribution in [0.2, 0.25) is 0 Å². The van der Waals surface area contributed by atoms with E-state index in [0.717, 1.165) is 18.4 Å². The van der Waals surface area contributed by atoms with Gasteiger partial charge in [0.15, 0.2) is 5.76 Å². The molecule has 1 aromatic heterocycles. The molecule has 0 aliphatic heterocycles. The van der Waals surface area contributed by atoms with Crippen molar-refractivity contribution in [2.75, 3.05) is 0 Å². The van der Waals surface area contributed by atoms with Gasteiger partial charge in [0, 0.05) is 35.0 Å². The van der Waals surface area contributed by atoms with Gasteiger partial charge < -0.3 is 15.6 Å². The Morgan fingerprint density at radius 1 is 1.38 bits per heavy atom. The second-order valence-corrected chi connectivity index (χ2v) is 5.62. The van der Waals surface area contributed by atoms with E-state index in [4.69, 9.17) is 10.3 Å². The van der Waals surface area contributed by atoms with Crippen molar-refractivity contribution in [1.29, 1.82) is 0 Å². The number of aromatic nitrogens is 1. The smallest absolute Gasteiger partial charge is 0.251 e. The molecule has 0 saturated heterocycles. The molecule has 1 amide bonds. The Bertz CT molecular complexity index is 814. The lowest BCUT2D eigenvalue weighted by molar-refractivity contribution is 0.0951. The molecule has 1 aliphatic carbocycles. The molecule has 122 valence electrons. The van der Waals surface area contributed by atoms with E-state index in [9.17, 15) is 4.79 Å². The van der Waals surface area contributed by atoms with Crippen LogP contribution in [-0.4, -0.2) is 17.1 Å². The Morgan fingerprint density at radius 3 is 2.92 bits per heavy atom. The molecule has 1 aliphatic rings. The van der Waals surface area contributed by atoms with Crippen LogP contribution in [0, 0.1) is 0 Å². The van der Waals surface area contributed by atoms with Crippen molar-refractivity contribution >= 4 is 11.5 Å². The highest BCUT2D eigenvalue weighted by molar-refractivity contribution is 5.95. The number of carbonyl (C=O) groups is 1. The number of nitrogens with one attached hydrogen (secondary N) is 1. The fourth-order valence-electron chi connectivity index (χ4n) is 2.25. The third kappa shape index (κ3) is 3.63. The van der Waals surface area contributed by atoms with E-state index in [-0.39, 0.29) is 5.91 Å². The molecule has 0 atom stereocenters. The van der Waals surface area contributed by atoms with E-state index in [1.165, 1.54) is 6.20 Å². The zero-order valence-electron chi connectivity index (χ0n) is 13.2. The molecule has 5 nitrogen and oxygen atoms in total. The zero-order chi connectivity index (χ0) is 16.9. The molecule has 1 heterocycles. The van der Waals surface area contributed by atoms with Gasteiger partial charge in [-0.1, -0.05) is 36.0 Å². The fourth-order valence-corrected chi connectivity index (χ4v) is 2.25. The van der Waals surface area contributed by atoms with Gasteiger partial charge in [0.25, 0.3) is 5.91 Å². The molecule has 3 rings (SSSR count). The molecule has 0 unspecified atom stereocenters. The number of benzene rings is 1. The number of carbonyl (C=O) groups excluding carboxylic acids is 1. The highest BCUT2D eigenvalue weighted by Gasteiger charge is 2.24. The minimum Gasteiger partial charge on any atom is -0.404 e. The summed E-state index contributed by atoms with van der Waals surface area (Å²) in [7, 11) is 0. The van der Waals surface area contributed by atoms with E-state index >= 15 is 0 Å². The van der Waals surface area contributed by atoms with E-state index < -0.39 is 0 Å². The molecule has 0 radical (unpaired) electrons. The fraction of sp³-hybridized carbons (Fsp3) is 0.158. The highest BCUT2D eigenvalue weighted by atomic mass is 16.5. The lowest BCUT2D eigenvalue weighted by Crippen LogP contribution is -2.25. The van der Waals surface area contributed by atoms with Crippen molar-refractivity contribution in [3.8, 4) is 11.3 Å². The van der Waals surface area contributed by atoms with E-state index in [1.54, 1.807) is 30.4 Å². The lowest BCUT2D eigenvalue weighted by atomic mass is 10.1. The van der Waals surface area contributed by atoms with Crippen LogP contribution in [0.25, 0.3) is 16.8 Å². The maximum atomic E-state index is 12.2. The summed E-state index contributed by atoms with van der Waals surface area (Å²) in [6.07, 6.45) is 8.78. The summed E-state index contributed by atoms with van der Waals surface area (Å²) in [6.45, 7) is 3.63. The van der Waals surface area contributed by atoms with Gasteiger partial charge in [-0.25, -0.2) is 0 Å². The predicted octanol–water partition coefficient (Wildman–Crippen LogP) is 3.28. The van der Waals surface area contributed by atoms with Gasteiger partial charge in [0.1, 0.15) is 5.69 Å². The summed E-state index contributed by atoms with van der Waals surface area (Å²) >= 11 is 0. The first-order valence-electron chi connectivity index (χ1n) is 7.80. The van der Waals surface area contributed by atoms with Crippen LogP contribution in [0.1, 0.15) is 29.0 Å². The first-order valence-corrected chi connectivity index (χ1v) is 7.80. The summed E-state index contributed by atoms with van der Waals surface area (Å²) in [5.74, 6) is 0.498.